The number of anilines is 1. The van der Waals surface area contributed by atoms with Crippen molar-refractivity contribution in [3.63, 3.8) is 0 Å². The van der Waals surface area contributed by atoms with Gasteiger partial charge < -0.3 is 10.2 Å². The maximum absolute atomic E-state index is 12.5. The molecule has 3 rings (SSSR count). The molecule has 0 bridgehead atoms. The molecule has 8 heteroatoms. The van der Waals surface area contributed by atoms with Crippen LogP contribution in [0.15, 0.2) is 52.2 Å². The van der Waals surface area contributed by atoms with Crippen LogP contribution in [-0.2, 0) is 23.2 Å². The van der Waals surface area contributed by atoms with Gasteiger partial charge in [0.05, 0.1) is 0 Å². The number of piperidine rings is 1. The van der Waals surface area contributed by atoms with Gasteiger partial charge in [-0.05, 0) is 25.0 Å². The van der Waals surface area contributed by atoms with Crippen molar-refractivity contribution in [3.05, 3.63) is 63.4 Å². The molecular formula is C19H22N4O4. The number of nitrogens with zero attached hydrogens (tertiary/aromatic N) is 3. The van der Waals surface area contributed by atoms with Gasteiger partial charge in [0, 0.05) is 44.0 Å². The van der Waals surface area contributed by atoms with E-state index >= 15 is 0 Å². The van der Waals surface area contributed by atoms with Crippen molar-refractivity contribution in [2.45, 2.75) is 19.4 Å². The molecule has 0 radical (unpaired) electrons. The SMILES string of the molecule is Cn1c(=O)ccn(CC(=O)N2CCC(C(=O)Nc3ccccc3)CC2)c1=O. The van der Waals surface area contributed by atoms with Crippen LogP contribution in [0.4, 0.5) is 5.69 Å². The minimum Gasteiger partial charge on any atom is -0.341 e. The molecule has 1 aromatic carbocycles. The van der Waals surface area contributed by atoms with Gasteiger partial charge in [-0.3, -0.25) is 23.5 Å². The lowest BCUT2D eigenvalue weighted by Gasteiger charge is -2.31. The second-order valence-electron chi connectivity index (χ2n) is 6.63. The summed E-state index contributed by atoms with van der Waals surface area (Å²) < 4.78 is 2.19. The van der Waals surface area contributed by atoms with Gasteiger partial charge >= 0.3 is 5.69 Å². The molecule has 1 aliphatic heterocycles. The van der Waals surface area contributed by atoms with Crippen LogP contribution in [0.5, 0.6) is 0 Å². The second-order valence-corrected chi connectivity index (χ2v) is 6.63. The van der Waals surface area contributed by atoms with Gasteiger partial charge in [-0.15, -0.1) is 0 Å². The van der Waals surface area contributed by atoms with Crippen LogP contribution < -0.4 is 16.6 Å². The Labute approximate surface area is 156 Å². The van der Waals surface area contributed by atoms with Gasteiger partial charge in [0.25, 0.3) is 5.56 Å². The molecule has 1 saturated heterocycles. The summed E-state index contributed by atoms with van der Waals surface area (Å²) >= 11 is 0. The molecule has 27 heavy (non-hydrogen) atoms. The molecular weight excluding hydrogens is 348 g/mol. The molecule has 1 N–H and O–H groups in total. The monoisotopic (exact) mass is 370 g/mol. The van der Waals surface area contributed by atoms with E-state index in [-0.39, 0.29) is 24.3 Å². The van der Waals surface area contributed by atoms with E-state index in [1.165, 1.54) is 23.9 Å². The summed E-state index contributed by atoms with van der Waals surface area (Å²) in [6, 6.07) is 10.5. The largest absolute Gasteiger partial charge is 0.341 e. The van der Waals surface area contributed by atoms with Gasteiger partial charge in [0.15, 0.2) is 0 Å². The first-order valence-corrected chi connectivity index (χ1v) is 8.86. The van der Waals surface area contributed by atoms with E-state index < -0.39 is 11.2 Å². The molecule has 2 heterocycles. The maximum Gasteiger partial charge on any atom is 0.331 e. The van der Waals surface area contributed by atoms with Gasteiger partial charge in [-0.2, -0.15) is 0 Å². The van der Waals surface area contributed by atoms with E-state index in [0.29, 0.717) is 25.9 Å². The lowest BCUT2D eigenvalue weighted by Crippen LogP contribution is -2.45. The van der Waals surface area contributed by atoms with Gasteiger partial charge in [-0.1, -0.05) is 18.2 Å². The molecule has 0 aliphatic carbocycles. The predicted octanol–water partition coefficient (Wildman–Crippen LogP) is 0.424. The third-order valence-corrected chi connectivity index (χ3v) is 4.83. The molecule has 1 fully saturated rings. The summed E-state index contributed by atoms with van der Waals surface area (Å²) in [6.07, 6.45) is 2.49. The smallest absolute Gasteiger partial charge is 0.331 e. The Kier molecular flexibility index (Phi) is 5.54. The summed E-state index contributed by atoms with van der Waals surface area (Å²) in [4.78, 5) is 49.9. The van der Waals surface area contributed by atoms with Crippen molar-refractivity contribution in [2.75, 3.05) is 18.4 Å². The van der Waals surface area contributed by atoms with E-state index in [2.05, 4.69) is 5.32 Å². The number of nitrogens with one attached hydrogen (secondary N) is 1. The fourth-order valence-corrected chi connectivity index (χ4v) is 3.14. The van der Waals surface area contributed by atoms with Crippen LogP contribution in [0.2, 0.25) is 0 Å². The van der Waals surface area contributed by atoms with Crippen LogP contribution in [0.3, 0.4) is 0 Å². The van der Waals surface area contributed by atoms with Crippen molar-refractivity contribution in [3.8, 4) is 0 Å². The highest BCUT2D eigenvalue weighted by molar-refractivity contribution is 5.92. The topological polar surface area (TPSA) is 93.4 Å². The first kappa shape index (κ1) is 18.6. The van der Waals surface area contributed by atoms with Crippen molar-refractivity contribution in [1.82, 2.24) is 14.0 Å². The molecule has 142 valence electrons. The summed E-state index contributed by atoms with van der Waals surface area (Å²) in [7, 11) is 1.38. The van der Waals surface area contributed by atoms with Crippen molar-refractivity contribution >= 4 is 17.5 Å². The van der Waals surface area contributed by atoms with Crippen LogP contribution in [0.1, 0.15) is 12.8 Å². The quantitative estimate of drug-likeness (QED) is 0.844. The predicted molar refractivity (Wildman–Crippen MR) is 100 cm³/mol. The number of hydrogen-bond acceptors (Lipinski definition) is 4. The highest BCUT2D eigenvalue weighted by Crippen LogP contribution is 2.19. The van der Waals surface area contributed by atoms with Crippen molar-refractivity contribution in [2.24, 2.45) is 13.0 Å². The summed E-state index contributed by atoms with van der Waals surface area (Å²) in [5.74, 6) is -0.380. The molecule has 0 saturated carbocycles. The van der Waals surface area contributed by atoms with E-state index in [4.69, 9.17) is 0 Å². The molecule has 2 amide bonds. The Bertz CT molecular complexity index is 940. The lowest BCUT2D eigenvalue weighted by molar-refractivity contribution is -0.135. The fraction of sp³-hybridized carbons (Fsp3) is 0.368. The molecule has 1 aromatic heterocycles. The van der Waals surface area contributed by atoms with E-state index in [1.807, 2.05) is 30.3 Å². The van der Waals surface area contributed by atoms with E-state index in [1.54, 1.807) is 4.90 Å². The van der Waals surface area contributed by atoms with Crippen LogP contribution in [0, 0.1) is 5.92 Å². The molecule has 0 atom stereocenters. The first-order valence-electron chi connectivity index (χ1n) is 8.86. The number of carbonyl (C=O) groups excluding carboxylic acids is 2. The number of para-hydroxylation sites is 1. The molecule has 0 unspecified atom stereocenters. The van der Waals surface area contributed by atoms with Crippen LogP contribution in [-0.4, -0.2) is 38.9 Å². The van der Waals surface area contributed by atoms with Gasteiger partial charge in [-0.25, -0.2) is 4.79 Å². The molecule has 2 aromatic rings. The Morgan fingerprint density at radius 2 is 1.74 bits per heavy atom. The summed E-state index contributed by atoms with van der Waals surface area (Å²) in [5, 5.41) is 2.89. The van der Waals surface area contributed by atoms with Crippen LogP contribution >= 0.6 is 0 Å². The number of carbonyl (C=O) groups is 2. The van der Waals surface area contributed by atoms with E-state index in [0.717, 1.165) is 10.3 Å². The summed E-state index contributed by atoms with van der Waals surface area (Å²) in [5.41, 5.74) is -0.169. The molecule has 8 nitrogen and oxygen atoms in total. The number of hydrogen-bond donors (Lipinski definition) is 1. The Hall–Kier alpha value is -3.16. The minimum atomic E-state index is -0.520. The second kappa shape index (κ2) is 8.03. The molecule has 0 spiro atoms. The zero-order chi connectivity index (χ0) is 19.4. The van der Waals surface area contributed by atoms with Gasteiger partial charge in [0.1, 0.15) is 6.54 Å². The summed E-state index contributed by atoms with van der Waals surface area (Å²) in [6.45, 7) is 0.812. The Balaban J connectivity index is 1.55. The maximum atomic E-state index is 12.5. The van der Waals surface area contributed by atoms with Gasteiger partial charge in [0.2, 0.25) is 11.8 Å². The number of aromatic nitrogens is 2. The van der Waals surface area contributed by atoms with Crippen LogP contribution in [0.25, 0.3) is 0 Å². The third kappa shape index (κ3) is 4.33. The fourth-order valence-electron chi connectivity index (χ4n) is 3.14. The highest BCUT2D eigenvalue weighted by Gasteiger charge is 2.27. The normalized spacial score (nSPS) is 14.8. The minimum absolute atomic E-state index is 0.0393. The zero-order valence-corrected chi connectivity index (χ0v) is 15.1. The zero-order valence-electron chi connectivity index (χ0n) is 15.1. The number of rotatable bonds is 4. The highest BCUT2D eigenvalue weighted by atomic mass is 16.2. The number of likely N-dealkylation sites (tertiary alicyclic amines) is 1. The Morgan fingerprint density at radius 3 is 2.41 bits per heavy atom. The van der Waals surface area contributed by atoms with Crippen molar-refractivity contribution in [1.29, 1.82) is 0 Å². The van der Waals surface area contributed by atoms with Crippen molar-refractivity contribution < 1.29 is 9.59 Å². The lowest BCUT2D eigenvalue weighted by atomic mass is 9.95. The standard InChI is InChI=1S/C19H22N4O4/c1-21-16(24)9-12-23(19(21)27)13-17(25)22-10-7-14(8-11-22)18(26)20-15-5-3-2-4-6-15/h2-6,9,12,14H,7-8,10-11,13H2,1H3,(H,20,26). The molecule has 1 aliphatic rings. The first-order chi connectivity index (χ1) is 13.0. The average Bonchev–Trinajstić information content (AvgIpc) is 2.69. The van der Waals surface area contributed by atoms with E-state index in [9.17, 15) is 19.2 Å². The number of benzene rings is 1. The average molecular weight is 370 g/mol. The third-order valence-electron chi connectivity index (χ3n) is 4.83. The number of amides is 2. The Morgan fingerprint density at radius 1 is 1.07 bits per heavy atom.